The topological polar surface area (TPSA) is 67.9 Å². The average Bonchev–Trinajstić information content (AvgIpc) is 2.85. The minimum atomic E-state index is -3.32. The molecule has 0 atom stereocenters. The summed E-state index contributed by atoms with van der Waals surface area (Å²) in [7, 11) is -1.73. The monoisotopic (exact) mass is 292 g/mol. The fourth-order valence-corrected chi connectivity index (χ4v) is 3.62. The third-order valence-corrected chi connectivity index (χ3v) is 5.70. The zero-order valence-electron chi connectivity index (χ0n) is 11.7. The molecule has 2 rings (SSSR count). The molecule has 7 heteroatoms. The predicted molar refractivity (Wildman–Crippen MR) is 71.8 cm³/mol. The van der Waals surface area contributed by atoms with Crippen molar-refractivity contribution in [3.8, 4) is 0 Å². The molecule has 0 aromatic rings. The number of nitrogens with zero attached hydrogens (tertiary/aromatic N) is 1. The maximum absolute atomic E-state index is 11.8. The standard InChI is InChI=1S/C12H24N2O4S/c1-3-14(2)19(15,16)13-10-11-4-6-12(7-5-11)17-8-9-18-12/h11,13H,3-10H2,1-2H3. The van der Waals surface area contributed by atoms with Crippen molar-refractivity contribution in [1.82, 2.24) is 9.03 Å². The summed E-state index contributed by atoms with van der Waals surface area (Å²) in [6.07, 6.45) is 3.61. The maximum atomic E-state index is 11.8. The summed E-state index contributed by atoms with van der Waals surface area (Å²) < 4.78 is 39.0. The summed E-state index contributed by atoms with van der Waals surface area (Å²) in [5.74, 6) is 0.00808. The third kappa shape index (κ3) is 3.66. The van der Waals surface area contributed by atoms with E-state index in [1.54, 1.807) is 7.05 Å². The molecule has 1 heterocycles. The van der Waals surface area contributed by atoms with E-state index in [2.05, 4.69) is 4.72 Å². The van der Waals surface area contributed by atoms with E-state index in [9.17, 15) is 8.42 Å². The first-order valence-electron chi connectivity index (χ1n) is 6.96. The van der Waals surface area contributed by atoms with Gasteiger partial charge in [-0.05, 0) is 18.8 Å². The molecule has 112 valence electrons. The van der Waals surface area contributed by atoms with Gasteiger partial charge in [0.25, 0.3) is 10.2 Å². The van der Waals surface area contributed by atoms with Crippen LogP contribution in [0.1, 0.15) is 32.6 Å². The number of hydrogen-bond acceptors (Lipinski definition) is 4. The molecule has 1 aliphatic carbocycles. The summed E-state index contributed by atoms with van der Waals surface area (Å²) in [5, 5.41) is 0. The van der Waals surface area contributed by atoms with Crippen LogP contribution in [0.4, 0.5) is 0 Å². The summed E-state index contributed by atoms with van der Waals surface area (Å²) in [5.41, 5.74) is 0. The van der Waals surface area contributed by atoms with Crippen LogP contribution in [0.15, 0.2) is 0 Å². The van der Waals surface area contributed by atoms with Crippen molar-refractivity contribution >= 4 is 10.2 Å². The lowest BCUT2D eigenvalue weighted by molar-refractivity contribution is -0.182. The first kappa shape index (κ1) is 15.2. The Bertz CT molecular complexity index is 383. The second-order valence-electron chi connectivity index (χ2n) is 5.32. The van der Waals surface area contributed by atoms with Gasteiger partial charge in [-0.1, -0.05) is 6.92 Å². The Balaban J connectivity index is 1.77. The minimum absolute atomic E-state index is 0.365. The molecule has 1 aliphatic heterocycles. The highest BCUT2D eigenvalue weighted by atomic mass is 32.2. The maximum Gasteiger partial charge on any atom is 0.279 e. The van der Waals surface area contributed by atoms with E-state index in [1.807, 2.05) is 6.92 Å². The molecule has 1 spiro atoms. The summed E-state index contributed by atoms with van der Waals surface area (Å²) in [4.78, 5) is 0. The molecule has 1 saturated carbocycles. The van der Waals surface area contributed by atoms with E-state index in [1.165, 1.54) is 4.31 Å². The molecule has 6 nitrogen and oxygen atoms in total. The zero-order valence-corrected chi connectivity index (χ0v) is 12.5. The van der Waals surface area contributed by atoms with E-state index in [-0.39, 0.29) is 5.79 Å². The van der Waals surface area contributed by atoms with Crippen LogP contribution in [0, 0.1) is 5.92 Å². The van der Waals surface area contributed by atoms with E-state index in [4.69, 9.17) is 9.47 Å². The van der Waals surface area contributed by atoms with Gasteiger partial charge in [-0.3, -0.25) is 0 Å². The van der Waals surface area contributed by atoms with Crippen LogP contribution >= 0.6 is 0 Å². The van der Waals surface area contributed by atoms with Gasteiger partial charge in [0.15, 0.2) is 5.79 Å². The van der Waals surface area contributed by atoms with Gasteiger partial charge in [0.2, 0.25) is 0 Å². The minimum Gasteiger partial charge on any atom is -0.348 e. The van der Waals surface area contributed by atoms with Crippen LogP contribution in [0.5, 0.6) is 0 Å². The highest BCUT2D eigenvalue weighted by Gasteiger charge is 2.40. The molecule has 0 aromatic heterocycles. The van der Waals surface area contributed by atoms with Crippen molar-refractivity contribution in [3.63, 3.8) is 0 Å². The largest absolute Gasteiger partial charge is 0.348 e. The zero-order chi connectivity index (χ0) is 13.9. The van der Waals surface area contributed by atoms with Gasteiger partial charge in [0, 0.05) is 33.0 Å². The molecule has 0 unspecified atom stereocenters. The molecule has 2 aliphatic rings. The first-order chi connectivity index (χ1) is 8.97. The van der Waals surface area contributed by atoms with Crippen molar-refractivity contribution in [2.45, 2.75) is 38.4 Å². The Hall–Kier alpha value is -0.210. The third-order valence-electron chi connectivity index (χ3n) is 4.09. The lowest BCUT2D eigenvalue weighted by atomic mass is 9.85. The van der Waals surface area contributed by atoms with Crippen LogP contribution in [-0.4, -0.2) is 51.9 Å². The normalized spacial score (nSPS) is 24.4. The summed E-state index contributed by atoms with van der Waals surface area (Å²) in [6, 6.07) is 0. The molecule has 0 radical (unpaired) electrons. The van der Waals surface area contributed by atoms with Gasteiger partial charge in [-0.2, -0.15) is 12.7 Å². The van der Waals surface area contributed by atoms with E-state index in [0.717, 1.165) is 25.7 Å². The fraction of sp³-hybridized carbons (Fsp3) is 1.00. The second kappa shape index (κ2) is 6.05. The molecule has 0 amide bonds. The highest BCUT2D eigenvalue weighted by Crippen LogP contribution is 2.37. The van der Waals surface area contributed by atoms with Gasteiger partial charge >= 0.3 is 0 Å². The molecule has 0 bridgehead atoms. The molecule has 2 fully saturated rings. The Morgan fingerprint density at radius 2 is 1.84 bits per heavy atom. The van der Waals surface area contributed by atoms with Crippen LogP contribution < -0.4 is 4.72 Å². The van der Waals surface area contributed by atoms with Crippen LogP contribution in [0.3, 0.4) is 0 Å². The molecular weight excluding hydrogens is 268 g/mol. The lowest BCUT2D eigenvalue weighted by Gasteiger charge is -2.35. The van der Waals surface area contributed by atoms with Crippen LogP contribution in [-0.2, 0) is 19.7 Å². The number of hydrogen-bond donors (Lipinski definition) is 1. The van der Waals surface area contributed by atoms with Gasteiger partial charge in [-0.15, -0.1) is 0 Å². The Kier molecular flexibility index (Phi) is 4.84. The van der Waals surface area contributed by atoms with Crippen molar-refractivity contribution in [2.24, 2.45) is 5.92 Å². The van der Waals surface area contributed by atoms with Crippen molar-refractivity contribution in [1.29, 1.82) is 0 Å². The highest BCUT2D eigenvalue weighted by molar-refractivity contribution is 7.87. The second-order valence-corrected chi connectivity index (χ2v) is 7.18. The van der Waals surface area contributed by atoms with Gasteiger partial charge in [0.1, 0.15) is 0 Å². The SMILES string of the molecule is CCN(C)S(=O)(=O)NCC1CCC2(CC1)OCCO2. The Labute approximate surface area is 115 Å². The van der Waals surface area contributed by atoms with E-state index >= 15 is 0 Å². The van der Waals surface area contributed by atoms with Gasteiger partial charge in [-0.25, -0.2) is 4.72 Å². The number of ether oxygens (including phenoxy) is 2. The smallest absolute Gasteiger partial charge is 0.279 e. The van der Waals surface area contributed by atoms with Crippen molar-refractivity contribution in [3.05, 3.63) is 0 Å². The van der Waals surface area contributed by atoms with Gasteiger partial charge in [0.05, 0.1) is 13.2 Å². The first-order valence-corrected chi connectivity index (χ1v) is 8.40. The molecule has 19 heavy (non-hydrogen) atoms. The Morgan fingerprint density at radius 1 is 1.26 bits per heavy atom. The summed E-state index contributed by atoms with van der Waals surface area (Å²) in [6.45, 7) is 4.16. The number of rotatable bonds is 5. The molecule has 1 N–H and O–H groups in total. The summed E-state index contributed by atoms with van der Waals surface area (Å²) >= 11 is 0. The number of nitrogens with one attached hydrogen (secondary N) is 1. The molecule has 0 aromatic carbocycles. The van der Waals surface area contributed by atoms with E-state index in [0.29, 0.717) is 32.2 Å². The molecular formula is C12H24N2O4S. The van der Waals surface area contributed by atoms with Crippen LogP contribution in [0.25, 0.3) is 0 Å². The van der Waals surface area contributed by atoms with Crippen molar-refractivity contribution < 1.29 is 17.9 Å². The Morgan fingerprint density at radius 3 is 2.37 bits per heavy atom. The fourth-order valence-electron chi connectivity index (χ4n) is 2.61. The average molecular weight is 292 g/mol. The van der Waals surface area contributed by atoms with Crippen LogP contribution in [0.2, 0.25) is 0 Å². The lowest BCUT2D eigenvalue weighted by Crippen LogP contribution is -2.42. The predicted octanol–water partition coefficient (Wildman–Crippen LogP) is 0.706. The van der Waals surface area contributed by atoms with Gasteiger partial charge < -0.3 is 9.47 Å². The van der Waals surface area contributed by atoms with Crippen molar-refractivity contribution in [2.75, 3.05) is 33.4 Å². The quantitative estimate of drug-likeness (QED) is 0.810. The van der Waals surface area contributed by atoms with E-state index < -0.39 is 10.2 Å². The molecule has 1 saturated heterocycles.